The Labute approximate surface area is 134 Å². The number of amides is 1. The molecule has 0 aromatic carbocycles. The largest absolute Gasteiger partial charge is 0.339 e. The molecule has 0 bridgehead atoms. The molecule has 23 heavy (non-hydrogen) atoms. The van der Waals surface area contributed by atoms with Gasteiger partial charge >= 0.3 is 0 Å². The molecule has 1 aliphatic rings. The number of aryl methyl sites for hydroxylation is 2. The zero-order valence-electron chi connectivity index (χ0n) is 13.5. The lowest BCUT2D eigenvalue weighted by Crippen LogP contribution is -2.40. The molecule has 1 N–H and O–H groups in total. The van der Waals surface area contributed by atoms with Crippen molar-refractivity contribution in [1.82, 2.24) is 24.6 Å². The number of nitrogens with one attached hydrogen (secondary N) is 1. The van der Waals surface area contributed by atoms with Gasteiger partial charge in [-0.3, -0.25) is 19.3 Å². The zero-order valence-corrected chi connectivity index (χ0v) is 13.5. The quantitative estimate of drug-likeness (QED) is 0.920. The van der Waals surface area contributed by atoms with Gasteiger partial charge in [-0.15, -0.1) is 0 Å². The monoisotopic (exact) mass is 315 g/mol. The lowest BCUT2D eigenvalue weighted by Gasteiger charge is -2.32. The number of hydrogen-bond acceptors (Lipinski definition) is 4. The van der Waals surface area contributed by atoms with E-state index in [1.54, 1.807) is 10.9 Å². The summed E-state index contributed by atoms with van der Waals surface area (Å²) in [4.78, 5) is 30.2. The highest BCUT2D eigenvalue weighted by Gasteiger charge is 2.26. The summed E-state index contributed by atoms with van der Waals surface area (Å²) in [5, 5.41) is 6.96. The normalized spacial score (nSPS) is 15.8. The third-order valence-corrected chi connectivity index (χ3v) is 4.49. The summed E-state index contributed by atoms with van der Waals surface area (Å²) in [5.74, 6) is 0.443. The fraction of sp³-hybridized carbons (Fsp3) is 0.500. The van der Waals surface area contributed by atoms with Crippen molar-refractivity contribution in [3.8, 4) is 0 Å². The summed E-state index contributed by atoms with van der Waals surface area (Å²) in [6.45, 7) is 5.80. The Bertz CT molecular complexity index is 736. The molecule has 7 heteroatoms. The first kappa shape index (κ1) is 15.5. The van der Waals surface area contributed by atoms with Crippen molar-refractivity contribution in [2.45, 2.75) is 33.2 Å². The first-order chi connectivity index (χ1) is 11.1. The lowest BCUT2D eigenvalue weighted by molar-refractivity contribution is 0.0681. The highest BCUT2D eigenvalue weighted by molar-refractivity contribution is 5.96. The van der Waals surface area contributed by atoms with E-state index in [1.807, 2.05) is 18.7 Å². The minimum atomic E-state index is -0.0249. The van der Waals surface area contributed by atoms with Crippen LogP contribution in [-0.2, 0) is 6.54 Å². The summed E-state index contributed by atoms with van der Waals surface area (Å²) in [6, 6.07) is 1.48. The zero-order chi connectivity index (χ0) is 16.4. The number of likely N-dealkylation sites (tertiary alicyclic amines) is 1. The molecule has 0 spiro atoms. The molecule has 0 saturated carbocycles. The fourth-order valence-electron chi connectivity index (χ4n) is 3.14. The van der Waals surface area contributed by atoms with Gasteiger partial charge in [-0.1, -0.05) is 0 Å². The Balaban J connectivity index is 1.62. The molecule has 1 aliphatic heterocycles. The second kappa shape index (κ2) is 6.36. The van der Waals surface area contributed by atoms with Crippen LogP contribution in [0.3, 0.4) is 0 Å². The standard InChI is InChI=1S/C16H21N5O2/c1-11-15(12(2)19-18-11)16(23)20-7-4-13(5-8-20)9-21-10-17-6-3-14(21)22/h3,6,10,13H,4-5,7-9H2,1-2H3,(H,18,19). The topological polar surface area (TPSA) is 83.9 Å². The molecule has 0 aliphatic carbocycles. The van der Waals surface area contributed by atoms with E-state index < -0.39 is 0 Å². The fourth-order valence-corrected chi connectivity index (χ4v) is 3.14. The van der Waals surface area contributed by atoms with Gasteiger partial charge in [-0.25, -0.2) is 4.98 Å². The Morgan fingerprint density at radius 2 is 2.09 bits per heavy atom. The predicted octanol–water partition coefficient (Wildman–Crippen LogP) is 1.14. The maximum atomic E-state index is 12.6. The lowest BCUT2D eigenvalue weighted by atomic mass is 9.96. The minimum Gasteiger partial charge on any atom is -0.339 e. The average molecular weight is 315 g/mol. The van der Waals surface area contributed by atoms with E-state index in [1.165, 1.54) is 12.3 Å². The molecular weight excluding hydrogens is 294 g/mol. The van der Waals surface area contributed by atoms with Crippen LogP contribution in [0, 0.1) is 19.8 Å². The van der Waals surface area contributed by atoms with E-state index in [9.17, 15) is 9.59 Å². The van der Waals surface area contributed by atoms with Gasteiger partial charge in [-0.05, 0) is 32.6 Å². The van der Waals surface area contributed by atoms with E-state index >= 15 is 0 Å². The Hall–Kier alpha value is -2.44. The number of hydrogen-bond donors (Lipinski definition) is 1. The van der Waals surface area contributed by atoms with Gasteiger partial charge < -0.3 is 4.90 Å². The Morgan fingerprint density at radius 1 is 1.35 bits per heavy atom. The van der Waals surface area contributed by atoms with Crippen molar-refractivity contribution in [2.75, 3.05) is 13.1 Å². The number of aromatic nitrogens is 4. The van der Waals surface area contributed by atoms with Crippen molar-refractivity contribution in [2.24, 2.45) is 5.92 Å². The van der Waals surface area contributed by atoms with E-state index in [0.717, 1.165) is 24.2 Å². The highest BCUT2D eigenvalue weighted by Crippen LogP contribution is 2.21. The van der Waals surface area contributed by atoms with E-state index in [0.29, 0.717) is 31.1 Å². The van der Waals surface area contributed by atoms with Gasteiger partial charge in [0.15, 0.2) is 0 Å². The maximum absolute atomic E-state index is 12.6. The van der Waals surface area contributed by atoms with Gasteiger partial charge in [-0.2, -0.15) is 5.10 Å². The summed E-state index contributed by atoms with van der Waals surface area (Å²) in [5.41, 5.74) is 2.23. The predicted molar refractivity (Wildman–Crippen MR) is 85.2 cm³/mol. The molecule has 1 saturated heterocycles. The molecule has 2 aromatic heterocycles. The number of carbonyl (C=O) groups excluding carboxylic acids is 1. The van der Waals surface area contributed by atoms with Crippen molar-refractivity contribution in [1.29, 1.82) is 0 Å². The number of H-pyrrole nitrogens is 1. The molecule has 3 heterocycles. The summed E-state index contributed by atoms with van der Waals surface area (Å²) in [6.07, 6.45) is 4.87. The van der Waals surface area contributed by atoms with Crippen LogP contribution < -0.4 is 5.56 Å². The van der Waals surface area contributed by atoms with Gasteiger partial charge in [0.25, 0.3) is 11.5 Å². The van der Waals surface area contributed by atoms with Crippen molar-refractivity contribution < 1.29 is 4.79 Å². The maximum Gasteiger partial charge on any atom is 0.257 e. The molecular formula is C16H21N5O2. The molecule has 0 radical (unpaired) electrons. The van der Waals surface area contributed by atoms with Gasteiger partial charge in [0.1, 0.15) is 0 Å². The van der Waals surface area contributed by atoms with Crippen LogP contribution in [0.5, 0.6) is 0 Å². The summed E-state index contributed by atoms with van der Waals surface area (Å²) in [7, 11) is 0. The number of piperidine rings is 1. The molecule has 1 amide bonds. The van der Waals surface area contributed by atoms with Crippen LogP contribution in [0.1, 0.15) is 34.6 Å². The van der Waals surface area contributed by atoms with Gasteiger partial charge in [0, 0.05) is 37.6 Å². The average Bonchev–Trinajstić information content (AvgIpc) is 2.88. The van der Waals surface area contributed by atoms with E-state index in [4.69, 9.17) is 0 Å². The van der Waals surface area contributed by atoms with Crippen molar-refractivity contribution in [3.05, 3.63) is 45.9 Å². The SMILES string of the molecule is Cc1n[nH]c(C)c1C(=O)N1CCC(Cn2cnccc2=O)CC1. The van der Waals surface area contributed by atoms with Crippen LogP contribution in [0.25, 0.3) is 0 Å². The Morgan fingerprint density at radius 3 is 2.70 bits per heavy atom. The summed E-state index contributed by atoms with van der Waals surface area (Å²) >= 11 is 0. The second-order valence-corrected chi connectivity index (χ2v) is 6.12. The number of aromatic amines is 1. The van der Waals surface area contributed by atoms with Crippen LogP contribution in [0.15, 0.2) is 23.4 Å². The molecule has 0 unspecified atom stereocenters. The smallest absolute Gasteiger partial charge is 0.257 e. The highest BCUT2D eigenvalue weighted by atomic mass is 16.2. The molecule has 2 aromatic rings. The first-order valence-electron chi connectivity index (χ1n) is 7.87. The molecule has 0 atom stereocenters. The summed E-state index contributed by atoms with van der Waals surface area (Å²) < 4.78 is 1.65. The number of carbonyl (C=O) groups is 1. The third kappa shape index (κ3) is 3.18. The third-order valence-electron chi connectivity index (χ3n) is 4.49. The van der Waals surface area contributed by atoms with Crippen molar-refractivity contribution in [3.63, 3.8) is 0 Å². The van der Waals surface area contributed by atoms with Crippen LogP contribution in [0.4, 0.5) is 0 Å². The van der Waals surface area contributed by atoms with Crippen LogP contribution in [-0.4, -0.2) is 43.6 Å². The van der Waals surface area contributed by atoms with Crippen molar-refractivity contribution >= 4 is 5.91 Å². The van der Waals surface area contributed by atoms with E-state index in [-0.39, 0.29) is 11.5 Å². The van der Waals surface area contributed by atoms with Gasteiger partial charge in [0.2, 0.25) is 0 Å². The van der Waals surface area contributed by atoms with Gasteiger partial charge in [0.05, 0.1) is 17.6 Å². The molecule has 122 valence electrons. The first-order valence-corrected chi connectivity index (χ1v) is 7.87. The molecule has 7 nitrogen and oxygen atoms in total. The second-order valence-electron chi connectivity index (χ2n) is 6.12. The molecule has 3 rings (SSSR count). The Kier molecular flexibility index (Phi) is 4.27. The molecule has 1 fully saturated rings. The van der Waals surface area contributed by atoms with Crippen LogP contribution in [0.2, 0.25) is 0 Å². The minimum absolute atomic E-state index is 0.0249. The number of rotatable bonds is 3. The van der Waals surface area contributed by atoms with E-state index in [2.05, 4.69) is 15.2 Å². The van der Waals surface area contributed by atoms with Crippen LogP contribution >= 0.6 is 0 Å². The number of nitrogens with zero attached hydrogens (tertiary/aromatic N) is 4.